The van der Waals surface area contributed by atoms with E-state index in [0.29, 0.717) is 6.42 Å². The standard InChI is InChI=1S/C14H17N3O2/c18-13-6-3-9-8-10(4-5-11(9)17-13)16-14(19)12-2-1-7-15-12/h4-5,8,12,15H,1-3,6-7H2,(H,16,19)(H,17,18)/t12-/m1/s1. The van der Waals surface area contributed by atoms with Crippen LogP contribution in [0, 0.1) is 0 Å². The summed E-state index contributed by atoms with van der Waals surface area (Å²) in [5, 5.41) is 8.94. The molecule has 0 spiro atoms. The van der Waals surface area contributed by atoms with Crippen LogP contribution in [0.15, 0.2) is 18.2 Å². The van der Waals surface area contributed by atoms with Crippen molar-refractivity contribution >= 4 is 23.2 Å². The Kier molecular flexibility index (Phi) is 3.21. The van der Waals surface area contributed by atoms with Crippen LogP contribution < -0.4 is 16.0 Å². The smallest absolute Gasteiger partial charge is 0.241 e. The van der Waals surface area contributed by atoms with Crippen molar-refractivity contribution in [1.29, 1.82) is 0 Å². The Balaban J connectivity index is 1.71. The number of hydrogen-bond acceptors (Lipinski definition) is 3. The highest BCUT2D eigenvalue weighted by atomic mass is 16.2. The highest BCUT2D eigenvalue weighted by Crippen LogP contribution is 2.25. The normalized spacial score (nSPS) is 21.7. The van der Waals surface area contributed by atoms with E-state index in [1.165, 1.54) is 0 Å². The van der Waals surface area contributed by atoms with Crippen molar-refractivity contribution in [3.8, 4) is 0 Å². The molecule has 1 fully saturated rings. The van der Waals surface area contributed by atoms with Crippen molar-refractivity contribution < 1.29 is 9.59 Å². The lowest BCUT2D eigenvalue weighted by Crippen LogP contribution is -2.35. The van der Waals surface area contributed by atoms with Crippen LogP contribution in [0.3, 0.4) is 0 Å². The molecule has 1 saturated heterocycles. The van der Waals surface area contributed by atoms with Crippen LogP contribution >= 0.6 is 0 Å². The molecule has 0 unspecified atom stereocenters. The summed E-state index contributed by atoms with van der Waals surface area (Å²) < 4.78 is 0. The van der Waals surface area contributed by atoms with Crippen molar-refractivity contribution in [2.24, 2.45) is 0 Å². The third-order valence-electron chi connectivity index (χ3n) is 3.65. The maximum Gasteiger partial charge on any atom is 0.241 e. The third-order valence-corrected chi connectivity index (χ3v) is 3.65. The molecule has 2 aliphatic rings. The lowest BCUT2D eigenvalue weighted by atomic mass is 10.0. The number of nitrogens with one attached hydrogen (secondary N) is 3. The Hall–Kier alpha value is -1.88. The number of carbonyl (C=O) groups is 2. The second kappa shape index (κ2) is 5.01. The van der Waals surface area contributed by atoms with Gasteiger partial charge in [0.2, 0.25) is 11.8 Å². The molecule has 100 valence electrons. The zero-order chi connectivity index (χ0) is 13.2. The van der Waals surface area contributed by atoms with E-state index in [9.17, 15) is 9.59 Å². The first-order chi connectivity index (χ1) is 9.22. The first kappa shape index (κ1) is 12.2. The minimum atomic E-state index is -0.0734. The van der Waals surface area contributed by atoms with Gasteiger partial charge in [-0.1, -0.05) is 0 Å². The van der Waals surface area contributed by atoms with Gasteiger partial charge in [0, 0.05) is 17.8 Å². The van der Waals surface area contributed by atoms with Gasteiger partial charge in [-0.2, -0.15) is 0 Å². The van der Waals surface area contributed by atoms with Crippen LogP contribution in [0.5, 0.6) is 0 Å². The average Bonchev–Trinajstić information content (AvgIpc) is 2.93. The van der Waals surface area contributed by atoms with Crippen LogP contribution in [0.1, 0.15) is 24.8 Å². The summed E-state index contributed by atoms with van der Waals surface area (Å²) in [6.07, 6.45) is 3.18. The predicted octanol–water partition coefficient (Wildman–Crippen LogP) is 1.26. The number of benzene rings is 1. The second-order valence-corrected chi connectivity index (χ2v) is 5.06. The highest BCUT2D eigenvalue weighted by Gasteiger charge is 2.22. The first-order valence-corrected chi connectivity index (χ1v) is 6.69. The lowest BCUT2D eigenvalue weighted by molar-refractivity contribution is -0.118. The fourth-order valence-electron chi connectivity index (χ4n) is 2.60. The Morgan fingerprint density at radius 3 is 3.00 bits per heavy atom. The molecule has 2 aliphatic heterocycles. The molecule has 3 rings (SSSR count). The number of fused-ring (bicyclic) bond motifs is 1. The quantitative estimate of drug-likeness (QED) is 0.749. The molecule has 19 heavy (non-hydrogen) atoms. The van der Waals surface area contributed by atoms with E-state index < -0.39 is 0 Å². The number of rotatable bonds is 2. The Bertz CT molecular complexity index is 521. The first-order valence-electron chi connectivity index (χ1n) is 6.69. The summed E-state index contributed by atoms with van der Waals surface area (Å²) >= 11 is 0. The maximum atomic E-state index is 12.0. The van der Waals surface area contributed by atoms with Crippen molar-refractivity contribution in [1.82, 2.24) is 5.32 Å². The van der Waals surface area contributed by atoms with E-state index in [-0.39, 0.29) is 17.9 Å². The largest absolute Gasteiger partial charge is 0.326 e. The SMILES string of the molecule is O=C1CCc2cc(NC(=O)[C@H]3CCCN3)ccc2N1. The van der Waals surface area contributed by atoms with E-state index in [0.717, 1.165) is 42.7 Å². The molecule has 0 aromatic heterocycles. The predicted molar refractivity (Wildman–Crippen MR) is 73.0 cm³/mol. The van der Waals surface area contributed by atoms with Gasteiger partial charge in [-0.15, -0.1) is 0 Å². The molecule has 2 heterocycles. The maximum absolute atomic E-state index is 12.0. The summed E-state index contributed by atoms with van der Waals surface area (Å²) in [6.45, 7) is 0.911. The topological polar surface area (TPSA) is 70.2 Å². The summed E-state index contributed by atoms with van der Waals surface area (Å²) in [4.78, 5) is 23.3. The second-order valence-electron chi connectivity index (χ2n) is 5.06. The van der Waals surface area contributed by atoms with Gasteiger partial charge in [0.05, 0.1) is 6.04 Å². The van der Waals surface area contributed by atoms with E-state index in [1.807, 2.05) is 18.2 Å². The van der Waals surface area contributed by atoms with Crippen LogP contribution in [0.25, 0.3) is 0 Å². The molecule has 1 aromatic rings. The van der Waals surface area contributed by atoms with Crippen LogP contribution in [-0.2, 0) is 16.0 Å². The van der Waals surface area contributed by atoms with Gasteiger partial charge >= 0.3 is 0 Å². The molecule has 2 amide bonds. The lowest BCUT2D eigenvalue weighted by Gasteiger charge is -2.18. The molecule has 5 heteroatoms. The molecule has 5 nitrogen and oxygen atoms in total. The van der Waals surface area contributed by atoms with Crippen molar-refractivity contribution in [2.75, 3.05) is 17.2 Å². The van der Waals surface area contributed by atoms with E-state index in [1.54, 1.807) is 0 Å². The number of amides is 2. The van der Waals surface area contributed by atoms with Crippen molar-refractivity contribution in [2.45, 2.75) is 31.7 Å². The van der Waals surface area contributed by atoms with Crippen LogP contribution in [-0.4, -0.2) is 24.4 Å². The summed E-state index contributed by atoms with van der Waals surface area (Å²) in [7, 11) is 0. The molecular weight excluding hydrogens is 242 g/mol. The summed E-state index contributed by atoms with van der Waals surface area (Å²) in [5.74, 6) is 0.0803. The summed E-state index contributed by atoms with van der Waals surface area (Å²) in [5.41, 5.74) is 2.73. The zero-order valence-electron chi connectivity index (χ0n) is 10.7. The molecule has 0 radical (unpaired) electrons. The molecular formula is C14H17N3O2. The van der Waals surface area contributed by atoms with Crippen LogP contribution in [0.2, 0.25) is 0 Å². The van der Waals surface area contributed by atoms with Gasteiger partial charge in [-0.05, 0) is 49.6 Å². The number of hydrogen-bond donors (Lipinski definition) is 3. The van der Waals surface area contributed by atoms with Gasteiger partial charge in [0.1, 0.15) is 0 Å². The summed E-state index contributed by atoms with van der Waals surface area (Å²) in [6, 6.07) is 5.55. The monoisotopic (exact) mass is 259 g/mol. The molecule has 0 bridgehead atoms. The molecule has 0 aliphatic carbocycles. The van der Waals surface area contributed by atoms with Crippen molar-refractivity contribution in [3.05, 3.63) is 23.8 Å². The van der Waals surface area contributed by atoms with E-state index in [2.05, 4.69) is 16.0 Å². The average molecular weight is 259 g/mol. The van der Waals surface area contributed by atoms with Gasteiger partial charge in [0.15, 0.2) is 0 Å². The fourth-order valence-corrected chi connectivity index (χ4v) is 2.60. The van der Waals surface area contributed by atoms with Gasteiger partial charge in [-0.25, -0.2) is 0 Å². The van der Waals surface area contributed by atoms with Gasteiger partial charge in [-0.3, -0.25) is 9.59 Å². The number of anilines is 2. The zero-order valence-corrected chi connectivity index (χ0v) is 10.7. The molecule has 0 saturated carbocycles. The molecule has 3 N–H and O–H groups in total. The van der Waals surface area contributed by atoms with E-state index in [4.69, 9.17) is 0 Å². The minimum Gasteiger partial charge on any atom is -0.326 e. The van der Waals surface area contributed by atoms with Crippen molar-refractivity contribution in [3.63, 3.8) is 0 Å². The van der Waals surface area contributed by atoms with Crippen LogP contribution in [0.4, 0.5) is 11.4 Å². The van der Waals surface area contributed by atoms with Gasteiger partial charge in [0.25, 0.3) is 0 Å². The number of aryl methyl sites for hydroxylation is 1. The highest BCUT2D eigenvalue weighted by molar-refractivity contribution is 5.97. The molecule has 1 atom stereocenters. The Morgan fingerprint density at radius 2 is 2.21 bits per heavy atom. The Morgan fingerprint density at radius 1 is 1.32 bits per heavy atom. The fraction of sp³-hybridized carbons (Fsp3) is 0.429. The Labute approximate surface area is 111 Å². The van der Waals surface area contributed by atoms with E-state index >= 15 is 0 Å². The third kappa shape index (κ3) is 2.61. The minimum absolute atomic E-state index is 0.0253. The number of carbonyl (C=O) groups excluding carboxylic acids is 2. The molecule has 1 aromatic carbocycles. The van der Waals surface area contributed by atoms with Gasteiger partial charge < -0.3 is 16.0 Å².